The van der Waals surface area contributed by atoms with Gasteiger partial charge in [0.25, 0.3) is 0 Å². The number of esters is 1. The van der Waals surface area contributed by atoms with Crippen LogP contribution < -0.4 is 4.72 Å². The molecule has 15 heavy (non-hydrogen) atoms. The molecule has 0 unspecified atom stereocenters. The van der Waals surface area contributed by atoms with E-state index in [0.717, 1.165) is 11.3 Å². The van der Waals surface area contributed by atoms with E-state index in [1.165, 1.54) is 14.2 Å². The maximum atomic E-state index is 11.6. The normalized spacial score (nSPS) is 11.4. The molecule has 0 saturated carbocycles. The maximum Gasteiger partial charge on any atom is 0.349 e. The van der Waals surface area contributed by atoms with Gasteiger partial charge in [-0.05, 0) is 24.9 Å². The number of carbonyl (C=O) groups excluding carboxylic acids is 1. The van der Waals surface area contributed by atoms with Crippen molar-refractivity contribution in [1.82, 2.24) is 4.72 Å². The van der Waals surface area contributed by atoms with Gasteiger partial charge in [-0.15, -0.1) is 11.3 Å². The molecule has 0 fully saturated rings. The van der Waals surface area contributed by atoms with Gasteiger partial charge in [0.05, 0.1) is 7.11 Å². The molecule has 0 aliphatic carbocycles. The summed E-state index contributed by atoms with van der Waals surface area (Å²) in [5.41, 5.74) is 0.537. The van der Waals surface area contributed by atoms with Gasteiger partial charge in [0, 0.05) is 0 Å². The van der Waals surface area contributed by atoms with Crippen LogP contribution in [-0.4, -0.2) is 28.5 Å². The Morgan fingerprint density at radius 1 is 1.53 bits per heavy atom. The number of methoxy groups -OCH3 is 1. The third-order valence-electron chi connectivity index (χ3n) is 1.83. The Morgan fingerprint density at radius 2 is 2.13 bits per heavy atom. The van der Waals surface area contributed by atoms with E-state index >= 15 is 0 Å². The van der Waals surface area contributed by atoms with Gasteiger partial charge >= 0.3 is 5.97 Å². The average molecular weight is 249 g/mol. The van der Waals surface area contributed by atoms with Gasteiger partial charge in [0.1, 0.15) is 9.77 Å². The van der Waals surface area contributed by atoms with Crippen molar-refractivity contribution in [2.24, 2.45) is 0 Å². The number of ether oxygens (including phenoxy) is 1. The Balaban J connectivity index is 3.41. The summed E-state index contributed by atoms with van der Waals surface area (Å²) in [6, 6.07) is 0. The van der Waals surface area contributed by atoms with Crippen LogP contribution in [-0.2, 0) is 14.8 Å². The lowest BCUT2D eigenvalue weighted by Gasteiger charge is -2.04. The van der Waals surface area contributed by atoms with E-state index in [1.54, 1.807) is 12.3 Å². The zero-order chi connectivity index (χ0) is 11.6. The van der Waals surface area contributed by atoms with Gasteiger partial charge in [-0.3, -0.25) is 0 Å². The largest absolute Gasteiger partial charge is 0.465 e. The standard InChI is InChI=1S/C8H11NO4S2/c1-5-4-14-6(8(10)13-3)7(5)15(11,12)9-2/h4,9H,1-3H3. The van der Waals surface area contributed by atoms with E-state index in [-0.39, 0.29) is 9.77 Å². The first-order valence-corrected chi connectivity index (χ1v) is 6.40. The lowest BCUT2D eigenvalue weighted by Crippen LogP contribution is -2.21. The topological polar surface area (TPSA) is 72.5 Å². The second-order valence-electron chi connectivity index (χ2n) is 2.78. The van der Waals surface area contributed by atoms with Crippen molar-refractivity contribution < 1.29 is 17.9 Å². The Bertz CT molecular complexity index is 475. The summed E-state index contributed by atoms with van der Waals surface area (Å²) in [5.74, 6) is -0.637. The molecule has 7 heteroatoms. The highest BCUT2D eigenvalue weighted by Gasteiger charge is 2.26. The summed E-state index contributed by atoms with van der Waals surface area (Å²) in [5, 5.41) is 1.61. The smallest absolute Gasteiger partial charge is 0.349 e. The minimum absolute atomic E-state index is 0.00171. The molecule has 5 nitrogen and oxygen atoms in total. The minimum atomic E-state index is -3.61. The fourth-order valence-electron chi connectivity index (χ4n) is 1.10. The quantitative estimate of drug-likeness (QED) is 0.802. The summed E-state index contributed by atoms with van der Waals surface area (Å²) >= 11 is 1.06. The van der Waals surface area contributed by atoms with Crippen LogP contribution in [0.25, 0.3) is 0 Å². The van der Waals surface area contributed by atoms with E-state index in [0.29, 0.717) is 5.56 Å². The molecule has 1 heterocycles. The summed E-state index contributed by atoms with van der Waals surface area (Å²) in [6.45, 7) is 1.63. The van der Waals surface area contributed by atoms with Crippen molar-refractivity contribution in [3.05, 3.63) is 15.8 Å². The zero-order valence-electron chi connectivity index (χ0n) is 8.53. The van der Waals surface area contributed by atoms with Gasteiger partial charge < -0.3 is 4.74 Å². The van der Waals surface area contributed by atoms with Crippen molar-refractivity contribution in [2.75, 3.05) is 14.2 Å². The highest BCUT2D eigenvalue weighted by atomic mass is 32.2. The molecule has 0 spiro atoms. The monoisotopic (exact) mass is 249 g/mol. The average Bonchev–Trinajstić information content (AvgIpc) is 2.59. The third-order valence-corrected chi connectivity index (χ3v) is 4.63. The first kappa shape index (κ1) is 12.2. The fraction of sp³-hybridized carbons (Fsp3) is 0.375. The molecule has 0 bridgehead atoms. The Morgan fingerprint density at radius 3 is 2.60 bits per heavy atom. The molecule has 1 aromatic rings. The van der Waals surface area contributed by atoms with Crippen LogP contribution in [0.1, 0.15) is 15.2 Å². The van der Waals surface area contributed by atoms with E-state index < -0.39 is 16.0 Å². The number of hydrogen-bond acceptors (Lipinski definition) is 5. The summed E-state index contributed by atoms with van der Waals surface area (Å²) in [7, 11) is -1.10. The number of carbonyl (C=O) groups is 1. The van der Waals surface area contributed by atoms with Crippen LogP contribution in [0.2, 0.25) is 0 Å². The first-order chi connectivity index (χ1) is 6.94. The first-order valence-electron chi connectivity index (χ1n) is 4.04. The van der Waals surface area contributed by atoms with Crippen molar-refractivity contribution in [3.8, 4) is 0 Å². The van der Waals surface area contributed by atoms with Crippen LogP contribution in [0.3, 0.4) is 0 Å². The highest BCUT2D eigenvalue weighted by molar-refractivity contribution is 7.89. The number of aryl methyl sites for hydroxylation is 1. The van der Waals surface area contributed by atoms with Crippen LogP contribution >= 0.6 is 11.3 Å². The molecule has 0 radical (unpaired) electrons. The SMILES string of the molecule is CNS(=O)(=O)c1c(C)csc1C(=O)OC. The molecule has 0 atom stereocenters. The van der Waals surface area contributed by atoms with E-state index in [4.69, 9.17) is 0 Å². The second-order valence-corrected chi connectivity index (χ2v) is 5.48. The van der Waals surface area contributed by atoms with Crippen LogP contribution in [0.5, 0.6) is 0 Å². The zero-order valence-corrected chi connectivity index (χ0v) is 10.2. The van der Waals surface area contributed by atoms with Gasteiger partial charge in [-0.25, -0.2) is 17.9 Å². The van der Waals surface area contributed by atoms with Crippen molar-refractivity contribution in [1.29, 1.82) is 0 Å². The molecular formula is C8H11NO4S2. The van der Waals surface area contributed by atoms with Crippen molar-refractivity contribution >= 4 is 27.3 Å². The summed E-state index contributed by atoms with van der Waals surface area (Å²) < 4.78 is 29.9. The third kappa shape index (κ3) is 2.19. The predicted molar refractivity (Wildman–Crippen MR) is 56.6 cm³/mol. The van der Waals surface area contributed by atoms with Gasteiger partial charge in [0.15, 0.2) is 0 Å². The van der Waals surface area contributed by atoms with Crippen LogP contribution in [0.15, 0.2) is 10.3 Å². The van der Waals surface area contributed by atoms with Gasteiger partial charge in [-0.2, -0.15) is 0 Å². The molecule has 1 aromatic heterocycles. The molecule has 1 N–H and O–H groups in total. The predicted octanol–water partition coefficient (Wildman–Crippen LogP) is 0.751. The fourth-order valence-corrected chi connectivity index (χ4v) is 3.53. The number of nitrogens with one attached hydrogen (secondary N) is 1. The van der Waals surface area contributed by atoms with E-state index in [2.05, 4.69) is 9.46 Å². The molecule has 0 amide bonds. The Hall–Kier alpha value is -0.920. The van der Waals surface area contributed by atoms with Crippen molar-refractivity contribution in [3.63, 3.8) is 0 Å². The molecule has 0 aliphatic rings. The Kier molecular flexibility index (Phi) is 3.48. The number of hydrogen-bond donors (Lipinski definition) is 1. The number of rotatable bonds is 3. The highest BCUT2D eigenvalue weighted by Crippen LogP contribution is 2.27. The number of sulfonamides is 1. The summed E-state index contributed by atoms with van der Waals surface area (Å²) in [4.78, 5) is 11.4. The van der Waals surface area contributed by atoms with Crippen LogP contribution in [0.4, 0.5) is 0 Å². The van der Waals surface area contributed by atoms with Gasteiger partial charge in [-0.1, -0.05) is 0 Å². The lowest BCUT2D eigenvalue weighted by atomic mass is 10.3. The second kappa shape index (κ2) is 4.30. The van der Waals surface area contributed by atoms with E-state index in [1.807, 2.05) is 0 Å². The maximum absolute atomic E-state index is 11.6. The molecule has 1 rings (SSSR count). The van der Waals surface area contributed by atoms with Gasteiger partial charge in [0.2, 0.25) is 10.0 Å². The summed E-state index contributed by atoms with van der Waals surface area (Å²) in [6.07, 6.45) is 0. The molecule has 0 saturated heterocycles. The van der Waals surface area contributed by atoms with Crippen LogP contribution in [0, 0.1) is 6.92 Å². The minimum Gasteiger partial charge on any atom is -0.465 e. The number of thiophene rings is 1. The van der Waals surface area contributed by atoms with Crippen molar-refractivity contribution in [2.45, 2.75) is 11.8 Å². The molecule has 0 aliphatic heterocycles. The molecule has 84 valence electrons. The Labute approximate surface area is 92.1 Å². The van der Waals surface area contributed by atoms with E-state index in [9.17, 15) is 13.2 Å². The molecular weight excluding hydrogens is 238 g/mol. The molecule has 0 aromatic carbocycles. The lowest BCUT2D eigenvalue weighted by molar-refractivity contribution is 0.0602.